The van der Waals surface area contributed by atoms with Crippen LogP contribution in [0, 0.1) is 0 Å². The summed E-state index contributed by atoms with van der Waals surface area (Å²) in [6.45, 7) is 0. The minimum absolute atomic E-state index is 0.0364. The largest absolute Gasteiger partial charge is 0.456 e. The van der Waals surface area contributed by atoms with Gasteiger partial charge < -0.3 is 9.32 Å². The fraction of sp³-hybridized carbons (Fsp3) is 0.0323. The molecule has 0 bridgehead atoms. The number of nitrogens with zero attached hydrogens (tertiary/aromatic N) is 1. The molecule has 0 aliphatic heterocycles. The lowest BCUT2D eigenvalue weighted by atomic mass is 9.69. The molecule has 2 atom stereocenters. The van der Waals surface area contributed by atoms with Gasteiger partial charge in [-0.15, -0.1) is 0 Å². The van der Waals surface area contributed by atoms with Crippen molar-refractivity contribution in [2.24, 2.45) is 0 Å². The van der Waals surface area contributed by atoms with E-state index in [9.17, 15) is 0 Å². The zero-order valence-electron chi connectivity index (χ0n) is 35.0. The van der Waals surface area contributed by atoms with Gasteiger partial charge in [-0.25, -0.2) is 0 Å². The standard InChI is InChI=1S/C62H41NO/c1-4-17-41(18-5-1)42-31-33-44(34-32-42)59(51-28-16-20-43-19-10-11-25-49(43)51)45-35-37-52-57(39-45)62(60-53-27-13-15-30-58(53)64-61(52)60)55-29-14-12-26-50(55)54-40-48(36-38-56(54)62)63(46-21-6-2-7-22-46)47-23-8-3-9-24-47/h1-40,59H. The van der Waals surface area contributed by atoms with Crippen LogP contribution < -0.4 is 4.90 Å². The fourth-order valence-electron chi connectivity index (χ4n) is 11.1. The Labute approximate surface area is 373 Å². The first-order valence-electron chi connectivity index (χ1n) is 22.2. The third-order valence-electron chi connectivity index (χ3n) is 13.8. The van der Waals surface area contributed by atoms with E-state index in [1.807, 2.05) is 0 Å². The summed E-state index contributed by atoms with van der Waals surface area (Å²) in [5.41, 5.74) is 18.5. The van der Waals surface area contributed by atoms with Crippen LogP contribution in [0.1, 0.15) is 44.9 Å². The smallest absolute Gasteiger partial charge is 0.140 e. The third-order valence-corrected chi connectivity index (χ3v) is 13.8. The second-order valence-corrected chi connectivity index (χ2v) is 17.1. The highest BCUT2D eigenvalue weighted by Crippen LogP contribution is 2.65. The average Bonchev–Trinajstić information content (AvgIpc) is 3.99. The van der Waals surface area contributed by atoms with E-state index in [0.29, 0.717) is 0 Å². The summed E-state index contributed by atoms with van der Waals surface area (Å²) in [6.07, 6.45) is 0. The lowest BCUT2D eigenvalue weighted by Crippen LogP contribution is -2.26. The molecule has 0 N–H and O–H groups in total. The Morgan fingerprint density at radius 3 is 1.77 bits per heavy atom. The maximum Gasteiger partial charge on any atom is 0.140 e. The zero-order valence-corrected chi connectivity index (χ0v) is 35.0. The van der Waals surface area contributed by atoms with Crippen LogP contribution in [0.3, 0.4) is 0 Å². The number of hydrogen-bond acceptors (Lipinski definition) is 2. The molecule has 64 heavy (non-hydrogen) atoms. The van der Waals surface area contributed by atoms with Gasteiger partial charge in [0.25, 0.3) is 0 Å². The van der Waals surface area contributed by atoms with Crippen molar-refractivity contribution in [2.75, 3.05) is 4.90 Å². The van der Waals surface area contributed by atoms with Crippen molar-refractivity contribution in [2.45, 2.75) is 11.3 Å². The average molecular weight is 816 g/mol. The van der Waals surface area contributed by atoms with Crippen LogP contribution in [0.4, 0.5) is 17.1 Å². The van der Waals surface area contributed by atoms with Crippen molar-refractivity contribution >= 4 is 38.8 Å². The van der Waals surface area contributed by atoms with E-state index < -0.39 is 5.41 Å². The molecule has 2 heteroatoms. The molecule has 1 aromatic heterocycles. The van der Waals surface area contributed by atoms with Gasteiger partial charge in [-0.1, -0.05) is 200 Å². The molecule has 300 valence electrons. The van der Waals surface area contributed by atoms with Crippen LogP contribution in [0.15, 0.2) is 247 Å². The van der Waals surface area contributed by atoms with Gasteiger partial charge in [0.2, 0.25) is 0 Å². The third kappa shape index (κ3) is 5.39. The summed E-state index contributed by atoms with van der Waals surface area (Å²) in [4.78, 5) is 2.37. The number of para-hydroxylation sites is 3. The van der Waals surface area contributed by atoms with E-state index in [1.165, 1.54) is 72.0 Å². The van der Waals surface area contributed by atoms with Crippen molar-refractivity contribution in [1.29, 1.82) is 0 Å². The Hall–Kier alpha value is -8.20. The van der Waals surface area contributed by atoms with Crippen LogP contribution in [0.25, 0.3) is 55.3 Å². The van der Waals surface area contributed by atoms with Crippen LogP contribution in [-0.4, -0.2) is 0 Å². The second kappa shape index (κ2) is 14.4. The van der Waals surface area contributed by atoms with Gasteiger partial charge in [-0.3, -0.25) is 0 Å². The van der Waals surface area contributed by atoms with Gasteiger partial charge in [0.05, 0.1) is 5.41 Å². The van der Waals surface area contributed by atoms with E-state index in [2.05, 4.69) is 248 Å². The molecule has 0 saturated carbocycles. The molecule has 0 radical (unpaired) electrons. The maximum atomic E-state index is 7.01. The molecule has 11 aromatic rings. The predicted molar refractivity (Wildman–Crippen MR) is 264 cm³/mol. The Balaban J connectivity index is 1.07. The van der Waals surface area contributed by atoms with Gasteiger partial charge >= 0.3 is 0 Å². The predicted octanol–water partition coefficient (Wildman–Crippen LogP) is 16.2. The van der Waals surface area contributed by atoms with Crippen LogP contribution in [0.2, 0.25) is 0 Å². The minimum Gasteiger partial charge on any atom is -0.456 e. The molecule has 2 aliphatic carbocycles. The van der Waals surface area contributed by atoms with Crippen molar-refractivity contribution in [3.05, 3.63) is 282 Å². The van der Waals surface area contributed by atoms with Gasteiger partial charge in [0, 0.05) is 39.5 Å². The maximum absolute atomic E-state index is 7.01. The first-order valence-corrected chi connectivity index (χ1v) is 22.2. The van der Waals surface area contributed by atoms with Crippen LogP contribution in [-0.2, 0) is 5.41 Å². The molecule has 1 spiro atoms. The summed E-state index contributed by atoms with van der Waals surface area (Å²) >= 11 is 0. The van der Waals surface area contributed by atoms with Gasteiger partial charge in [-0.2, -0.15) is 0 Å². The summed E-state index contributed by atoms with van der Waals surface area (Å²) in [5, 5.41) is 3.66. The van der Waals surface area contributed by atoms with Gasteiger partial charge in [0.1, 0.15) is 11.3 Å². The van der Waals surface area contributed by atoms with E-state index >= 15 is 0 Å². The van der Waals surface area contributed by atoms with E-state index in [0.717, 1.165) is 39.4 Å². The molecule has 2 unspecified atom stereocenters. The van der Waals surface area contributed by atoms with Gasteiger partial charge in [0.15, 0.2) is 0 Å². The number of benzene rings is 10. The highest BCUT2D eigenvalue weighted by atomic mass is 16.3. The molecule has 0 saturated heterocycles. The van der Waals surface area contributed by atoms with E-state index in [4.69, 9.17) is 4.42 Å². The number of furan rings is 1. The Kier molecular flexibility index (Phi) is 8.23. The normalized spacial score (nSPS) is 14.9. The quantitative estimate of drug-likeness (QED) is 0.149. The molecule has 0 amide bonds. The number of hydrogen-bond donors (Lipinski definition) is 0. The minimum atomic E-state index is -0.622. The first kappa shape index (κ1) is 36.5. The molecule has 0 fully saturated rings. The van der Waals surface area contributed by atoms with Crippen molar-refractivity contribution in [1.82, 2.24) is 0 Å². The SMILES string of the molecule is c1ccc(-c2ccc(C(c3ccc4c(c3)C3(c5ccccc5-c5cc(N(c6ccccc6)c6ccccc6)ccc53)c3c-4oc4ccccc34)c3cccc4ccccc34)cc2)cc1. The van der Waals surface area contributed by atoms with E-state index in [1.54, 1.807) is 0 Å². The molecule has 13 rings (SSSR count). The van der Waals surface area contributed by atoms with Crippen molar-refractivity contribution < 1.29 is 4.42 Å². The molecule has 1 heterocycles. The van der Waals surface area contributed by atoms with Crippen LogP contribution in [0.5, 0.6) is 0 Å². The second-order valence-electron chi connectivity index (χ2n) is 17.1. The Bertz CT molecular complexity index is 3510. The van der Waals surface area contributed by atoms with E-state index in [-0.39, 0.29) is 5.92 Å². The molecule has 2 nitrogen and oxygen atoms in total. The molecular formula is C62H41NO. The summed E-state index contributed by atoms with van der Waals surface area (Å²) < 4.78 is 7.01. The van der Waals surface area contributed by atoms with Crippen molar-refractivity contribution in [3.63, 3.8) is 0 Å². The zero-order chi connectivity index (χ0) is 42.2. The summed E-state index contributed by atoms with van der Waals surface area (Å²) in [6, 6.07) is 88.9. The fourth-order valence-corrected chi connectivity index (χ4v) is 11.1. The lowest BCUT2D eigenvalue weighted by Gasteiger charge is -2.31. The number of rotatable bonds is 7. The molecule has 10 aromatic carbocycles. The molecule has 2 aliphatic rings. The summed E-state index contributed by atoms with van der Waals surface area (Å²) in [7, 11) is 0. The first-order chi connectivity index (χ1) is 31.8. The monoisotopic (exact) mass is 815 g/mol. The van der Waals surface area contributed by atoms with Crippen LogP contribution >= 0.6 is 0 Å². The van der Waals surface area contributed by atoms with Crippen molar-refractivity contribution in [3.8, 4) is 33.6 Å². The number of fused-ring (bicyclic) bond motifs is 13. The number of anilines is 3. The Morgan fingerprint density at radius 1 is 0.375 bits per heavy atom. The lowest BCUT2D eigenvalue weighted by molar-refractivity contribution is 0.628. The highest BCUT2D eigenvalue weighted by Gasteiger charge is 2.54. The summed E-state index contributed by atoms with van der Waals surface area (Å²) in [5.74, 6) is 0.921. The topological polar surface area (TPSA) is 16.4 Å². The van der Waals surface area contributed by atoms with Gasteiger partial charge in [-0.05, 0) is 109 Å². The highest BCUT2D eigenvalue weighted by molar-refractivity contribution is 6.03. The molecular weight excluding hydrogens is 775 g/mol. The Morgan fingerprint density at radius 2 is 0.984 bits per heavy atom.